The van der Waals surface area contributed by atoms with Crippen LogP contribution in [-0.2, 0) is 8.37 Å². The third-order valence-corrected chi connectivity index (χ3v) is 9.68. The molecule has 0 fully saturated rings. The van der Waals surface area contributed by atoms with E-state index >= 15 is 0 Å². The van der Waals surface area contributed by atoms with Crippen molar-refractivity contribution in [1.82, 2.24) is 0 Å². The largest absolute Gasteiger partial charge is 0.478 e. The maximum absolute atomic E-state index is 14.3. The summed E-state index contributed by atoms with van der Waals surface area (Å²) in [4.78, 5) is 11.0. The predicted octanol–water partition coefficient (Wildman–Crippen LogP) is 14.5. The molecule has 4 nitrogen and oxygen atoms in total. The van der Waals surface area contributed by atoms with Gasteiger partial charge in [0.25, 0.3) is 0 Å². The van der Waals surface area contributed by atoms with E-state index in [1.165, 1.54) is 0 Å². The van der Waals surface area contributed by atoms with E-state index in [1.54, 1.807) is 0 Å². The van der Waals surface area contributed by atoms with E-state index in [0.717, 1.165) is 0 Å². The number of hydrogen-bond donors (Lipinski definition) is 1. The molecule has 68 heavy (non-hydrogen) atoms. The van der Waals surface area contributed by atoms with Gasteiger partial charge in [-0.2, -0.15) is 149 Å². The van der Waals surface area contributed by atoms with Gasteiger partial charge in [0, 0.05) is 29.9 Å². The number of halogens is 34. The van der Waals surface area contributed by atoms with Crippen molar-refractivity contribution in [2.45, 2.75) is 114 Å². The Hall–Kier alpha value is -3.07. The van der Waals surface area contributed by atoms with Crippen LogP contribution in [0.3, 0.4) is 0 Å². The molecule has 0 heterocycles. The van der Waals surface area contributed by atoms with Crippen molar-refractivity contribution < 1.29 is 168 Å². The van der Waals surface area contributed by atoms with Crippen LogP contribution < -0.4 is 0 Å². The Morgan fingerprint density at radius 1 is 0.382 bits per heavy atom. The van der Waals surface area contributed by atoms with E-state index in [0.29, 0.717) is 24.3 Å². The van der Waals surface area contributed by atoms with Gasteiger partial charge >= 0.3 is 101 Å². The summed E-state index contributed by atoms with van der Waals surface area (Å²) in [5.74, 6) is -125. The lowest BCUT2D eigenvalue weighted by Gasteiger charge is -2.42. The van der Waals surface area contributed by atoms with E-state index in [-0.39, 0.29) is 0 Å². The van der Waals surface area contributed by atoms with Crippen LogP contribution in [0.4, 0.5) is 149 Å². The lowest BCUT2D eigenvalue weighted by molar-refractivity contribution is -0.461. The normalized spacial score (nSPS) is 15.9. The molecule has 0 radical (unpaired) electrons. The smallest absolute Gasteiger partial charge is 0.460 e. The molecule has 40 heteroatoms. The molecule has 0 atom stereocenters. The van der Waals surface area contributed by atoms with Crippen molar-refractivity contribution >= 4 is 30.1 Å². The number of aromatic carboxylic acids is 1. The quantitative estimate of drug-likeness (QED) is 0.0482. The second kappa shape index (κ2) is 18.5. The summed E-state index contributed by atoms with van der Waals surface area (Å²) in [6.07, 6.45) is -25.3. The van der Waals surface area contributed by atoms with Crippen LogP contribution in [-0.4, -0.2) is 118 Å². The Labute approximate surface area is 359 Å². The van der Waals surface area contributed by atoms with Gasteiger partial charge in [-0.05, 0) is 36.2 Å². The van der Waals surface area contributed by atoms with Crippen molar-refractivity contribution in [3.05, 3.63) is 35.4 Å². The molecule has 400 valence electrons. The van der Waals surface area contributed by atoms with Gasteiger partial charge in [0.15, 0.2) is 0 Å². The molecule has 0 aliphatic rings. The zero-order chi connectivity index (χ0) is 54.8. The number of carboxylic acid groups (broad SMARTS) is 1. The molecule has 0 aliphatic heterocycles. The zero-order valence-electron chi connectivity index (χ0n) is 30.6. The molecule has 0 bridgehead atoms. The van der Waals surface area contributed by atoms with E-state index in [1.807, 2.05) is 0 Å². The maximum atomic E-state index is 14.3. The van der Waals surface area contributed by atoms with Gasteiger partial charge in [0.2, 0.25) is 6.29 Å². The lowest BCUT2D eigenvalue weighted by atomic mass is 9.88. The third kappa shape index (κ3) is 9.80. The van der Waals surface area contributed by atoms with Gasteiger partial charge in [-0.15, -0.1) is 0 Å². The molecular formula is C28H14F34O4S2. The van der Waals surface area contributed by atoms with Crippen LogP contribution >= 0.6 is 24.1 Å². The number of benzene rings is 1. The van der Waals surface area contributed by atoms with Crippen LogP contribution in [0.25, 0.3) is 0 Å². The molecule has 1 N–H and O–H groups in total. The molecule has 0 saturated carbocycles. The Balaban J connectivity index is 3.42. The average molecular weight is 1120 g/mol. The minimum absolute atomic E-state index is 0.419. The summed E-state index contributed by atoms with van der Waals surface area (Å²) in [5.41, 5.74) is -1.66. The van der Waals surface area contributed by atoms with E-state index in [9.17, 15) is 154 Å². The molecule has 1 aromatic rings. The first-order valence-corrected chi connectivity index (χ1v) is 17.6. The van der Waals surface area contributed by atoms with Gasteiger partial charge in [-0.25, -0.2) is 4.79 Å². The van der Waals surface area contributed by atoms with Crippen LogP contribution in [0.15, 0.2) is 24.3 Å². The molecule has 1 aromatic carbocycles. The number of alkyl halides is 34. The Bertz CT molecular complexity index is 1780. The highest BCUT2D eigenvalue weighted by atomic mass is 32.2. The number of rotatable bonds is 24. The van der Waals surface area contributed by atoms with E-state index in [2.05, 4.69) is 8.37 Å². The first-order chi connectivity index (χ1) is 29.5. The second-order valence-corrected chi connectivity index (χ2v) is 14.6. The van der Waals surface area contributed by atoms with Crippen LogP contribution in [0.2, 0.25) is 0 Å². The molecular weight excluding hydrogens is 1110 g/mol. The SMILES string of the molecule is O=C(O)c1ccc(C(OSCCC(F)(F)C(F)(F)C(F)(F)C(F)(F)C(F)(F)C(F)(F)C(F)(F)C(F)(F)F)OSCCC(F)(F)C(F)(F)C(F)(F)C(F)(F)C(F)(F)C(F)(F)C(F)(F)C(F)(F)F)cc1. The van der Waals surface area contributed by atoms with Crippen LogP contribution in [0, 0.1) is 0 Å². The fourth-order valence-electron chi connectivity index (χ4n) is 4.18. The van der Waals surface area contributed by atoms with Gasteiger partial charge in [0.1, 0.15) is 0 Å². The molecule has 0 amide bonds. The molecule has 0 unspecified atom stereocenters. The average Bonchev–Trinajstić information content (AvgIpc) is 3.15. The van der Waals surface area contributed by atoms with Gasteiger partial charge in [-0.3, -0.25) is 8.37 Å². The maximum Gasteiger partial charge on any atom is 0.460 e. The molecule has 0 saturated heterocycles. The Kier molecular flexibility index (Phi) is 17.1. The van der Waals surface area contributed by atoms with Crippen molar-refractivity contribution in [1.29, 1.82) is 0 Å². The van der Waals surface area contributed by atoms with Crippen molar-refractivity contribution in [2.24, 2.45) is 0 Å². The number of carbonyl (C=O) groups is 1. The van der Waals surface area contributed by atoms with Gasteiger partial charge < -0.3 is 5.11 Å². The topological polar surface area (TPSA) is 55.8 Å². The van der Waals surface area contributed by atoms with Gasteiger partial charge in [-0.1, -0.05) is 12.1 Å². The number of carboxylic acids is 1. The highest BCUT2D eigenvalue weighted by Gasteiger charge is 2.97. The van der Waals surface area contributed by atoms with Crippen molar-refractivity contribution in [3.63, 3.8) is 0 Å². The first-order valence-electron chi connectivity index (χ1n) is 15.8. The summed E-state index contributed by atoms with van der Waals surface area (Å²) in [7, 11) is 0. The summed E-state index contributed by atoms with van der Waals surface area (Å²) in [5, 5.41) is 8.91. The van der Waals surface area contributed by atoms with Crippen LogP contribution in [0.5, 0.6) is 0 Å². The third-order valence-electron chi connectivity index (χ3n) is 8.31. The Morgan fingerprint density at radius 3 is 0.824 bits per heavy atom. The fourth-order valence-corrected chi connectivity index (χ4v) is 5.65. The molecule has 1 rings (SSSR count). The summed E-state index contributed by atoms with van der Waals surface area (Å²) in [6.45, 7) is 0. The second-order valence-electron chi connectivity index (χ2n) is 12.9. The number of hydrogen-bond acceptors (Lipinski definition) is 5. The minimum atomic E-state index is -8.99. The fraction of sp³-hybridized carbons (Fsp3) is 0.750. The van der Waals surface area contributed by atoms with Gasteiger partial charge in [0.05, 0.1) is 5.56 Å². The standard InChI is InChI=1S/C28H14F34O4S2/c29-13(30,15(33,34)17(37,38)19(41,42)21(45,46)23(49,50)25(53,54)27(57,58)59)5-7-67-65-12(10-3-1-9(2-4-10)11(63)64)66-68-8-6-14(31,32)16(35,36)18(39,40)20(43,44)22(47,48)24(51,52)26(55,56)28(60,61)62/h1-4,12H,5-8H2,(H,63,64). The summed E-state index contributed by atoms with van der Waals surface area (Å²) in [6, 6.07) is 1.74. The first kappa shape index (κ1) is 62.9. The highest BCUT2D eigenvalue weighted by molar-refractivity contribution is 7.95. The Morgan fingerprint density at radius 2 is 0.603 bits per heavy atom. The summed E-state index contributed by atoms with van der Waals surface area (Å²) >= 11 is -1.95. The zero-order valence-corrected chi connectivity index (χ0v) is 32.2. The van der Waals surface area contributed by atoms with E-state index in [4.69, 9.17) is 5.11 Å². The predicted molar refractivity (Wildman–Crippen MR) is 154 cm³/mol. The van der Waals surface area contributed by atoms with Crippen molar-refractivity contribution in [3.8, 4) is 0 Å². The summed E-state index contributed by atoms with van der Waals surface area (Å²) < 4.78 is 468. The lowest BCUT2D eigenvalue weighted by Crippen LogP contribution is -2.74. The van der Waals surface area contributed by atoms with Crippen LogP contribution in [0.1, 0.15) is 35.1 Å². The monoisotopic (exact) mass is 1120 g/mol. The molecule has 0 aliphatic carbocycles. The minimum Gasteiger partial charge on any atom is -0.478 e. The molecule has 0 spiro atoms. The van der Waals surface area contributed by atoms with Crippen molar-refractivity contribution in [2.75, 3.05) is 11.5 Å². The van der Waals surface area contributed by atoms with E-state index < -0.39 is 167 Å². The highest BCUT2D eigenvalue weighted by Crippen LogP contribution is 2.66. The molecule has 0 aromatic heterocycles.